The van der Waals surface area contributed by atoms with Crippen LogP contribution >= 0.6 is 0 Å². The summed E-state index contributed by atoms with van der Waals surface area (Å²) in [6, 6.07) is 3.84. The first-order chi connectivity index (χ1) is 8.28. The first-order valence-corrected chi connectivity index (χ1v) is 5.78. The number of H-pyrrole nitrogens is 1. The summed E-state index contributed by atoms with van der Waals surface area (Å²) in [7, 11) is 1.64. The molecule has 0 atom stereocenters. The average molecular weight is 230 g/mol. The summed E-state index contributed by atoms with van der Waals surface area (Å²) in [4.78, 5) is 19.1. The summed E-state index contributed by atoms with van der Waals surface area (Å²) in [6.45, 7) is 0.509. The van der Waals surface area contributed by atoms with Crippen molar-refractivity contribution >= 4 is 11.0 Å². The van der Waals surface area contributed by atoms with Crippen LogP contribution in [-0.2, 0) is 11.3 Å². The zero-order valence-corrected chi connectivity index (χ0v) is 9.69. The molecule has 1 aliphatic rings. The second-order valence-electron chi connectivity index (χ2n) is 4.54. The number of nitrogens with one attached hydrogen (secondary N) is 1. The summed E-state index contributed by atoms with van der Waals surface area (Å²) in [5.41, 5.74) is 3.51. The van der Waals surface area contributed by atoms with Crippen LogP contribution in [0.3, 0.4) is 0 Å². The van der Waals surface area contributed by atoms with Gasteiger partial charge in [0.2, 0.25) is 0 Å². The zero-order valence-electron chi connectivity index (χ0n) is 9.69. The molecule has 1 saturated carbocycles. The van der Waals surface area contributed by atoms with Crippen molar-refractivity contribution in [3.8, 4) is 0 Å². The van der Waals surface area contributed by atoms with Crippen molar-refractivity contribution in [2.24, 2.45) is 0 Å². The molecule has 0 aromatic carbocycles. The Morgan fingerprint density at radius 1 is 1.47 bits per heavy atom. The normalized spacial score (nSPS) is 15.4. The van der Waals surface area contributed by atoms with Crippen LogP contribution < -0.4 is 5.56 Å². The van der Waals surface area contributed by atoms with Crippen LogP contribution in [0, 0.1) is 0 Å². The number of ether oxygens (including phenoxy) is 1. The van der Waals surface area contributed by atoms with Gasteiger partial charge in [-0.1, -0.05) is 0 Å². The maximum Gasteiger partial charge on any atom is 0.252 e. The van der Waals surface area contributed by atoms with Gasteiger partial charge in [0, 0.05) is 18.9 Å². The van der Waals surface area contributed by atoms with E-state index >= 15 is 0 Å². The lowest BCUT2D eigenvalue weighted by molar-refractivity contribution is 0.184. The minimum Gasteiger partial charge on any atom is -0.380 e. The SMILES string of the molecule is COCc1cnc2cc(C3CC3)c(=O)[nH]c2c1. The van der Waals surface area contributed by atoms with Crippen molar-refractivity contribution in [2.45, 2.75) is 25.4 Å². The van der Waals surface area contributed by atoms with E-state index in [2.05, 4.69) is 9.97 Å². The molecule has 88 valence electrons. The number of fused-ring (bicyclic) bond motifs is 1. The first-order valence-electron chi connectivity index (χ1n) is 5.78. The van der Waals surface area contributed by atoms with E-state index in [-0.39, 0.29) is 5.56 Å². The second-order valence-corrected chi connectivity index (χ2v) is 4.54. The van der Waals surface area contributed by atoms with Gasteiger partial charge in [0.15, 0.2) is 0 Å². The lowest BCUT2D eigenvalue weighted by Crippen LogP contribution is -2.11. The first kappa shape index (κ1) is 10.5. The van der Waals surface area contributed by atoms with Crippen LogP contribution in [0.4, 0.5) is 0 Å². The average Bonchev–Trinajstić information content (AvgIpc) is 3.12. The third-order valence-electron chi connectivity index (χ3n) is 3.11. The molecule has 0 saturated heterocycles. The minimum absolute atomic E-state index is 0.0244. The fourth-order valence-corrected chi connectivity index (χ4v) is 2.08. The van der Waals surface area contributed by atoms with E-state index in [1.54, 1.807) is 13.3 Å². The Balaban J connectivity index is 2.12. The van der Waals surface area contributed by atoms with Gasteiger partial charge in [0.05, 0.1) is 17.6 Å². The Hall–Kier alpha value is -1.68. The van der Waals surface area contributed by atoms with E-state index in [1.165, 1.54) is 0 Å². The standard InChI is InChI=1S/C13H14N2O2/c1-17-7-8-4-12-11(14-6-8)5-10(9-2-3-9)13(16)15-12/h4-6,9H,2-3,7H2,1H3,(H,15,16). The molecule has 0 radical (unpaired) electrons. The lowest BCUT2D eigenvalue weighted by atomic mass is 10.1. The van der Waals surface area contributed by atoms with E-state index in [4.69, 9.17) is 4.74 Å². The van der Waals surface area contributed by atoms with Gasteiger partial charge in [0.25, 0.3) is 5.56 Å². The lowest BCUT2D eigenvalue weighted by Gasteiger charge is -2.04. The molecule has 2 aromatic rings. The van der Waals surface area contributed by atoms with E-state index in [0.717, 1.165) is 35.0 Å². The molecule has 2 aromatic heterocycles. The number of rotatable bonds is 3. The molecule has 2 heterocycles. The van der Waals surface area contributed by atoms with Gasteiger partial charge in [-0.3, -0.25) is 9.78 Å². The van der Waals surface area contributed by atoms with E-state index in [9.17, 15) is 4.79 Å². The highest BCUT2D eigenvalue weighted by atomic mass is 16.5. The Morgan fingerprint density at radius 3 is 3.00 bits per heavy atom. The van der Waals surface area contributed by atoms with Crippen molar-refractivity contribution in [2.75, 3.05) is 7.11 Å². The fourth-order valence-electron chi connectivity index (χ4n) is 2.08. The smallest absolute Gasteiger partial charge is 0.252 e. The van der Waals surface area contributed by atoms with E-state index < -0.39 is 0 Å². The summed E-state index contributed by atoms with van der Waals surface area (Å²) in [5.74, 6) is 0.448. The zero-order chi connectivity index (χ0) is 11.8. The molecule has 1 aliphatic carbocycles. The fraction of sp³-hybridized carbons (Fsp3) is 0.385. The molecular formula is C13H14N2O2. The monoisotopic (exact) mass is 230 g/mol. The Kier molecular flexibility index (Phi) is 2.44. The predicted octanol–water partition coefficient (Wildman–Crippen LogP) is 1.95. The number of aromatic amines is 1. The number of nitrogens with zero attached hydrogens (tertiary/aromatic N) is 1. The van der Waals surface area contributed by atoms with Gasteiger partial charge in [-0.05, 0) is 36.5 Å². The molecule has 1 N–H and O–H groups in total. The third kappa shape index (κ3) is 1.96. The molecule has 0 amide bonds. The number of pyridine rings is 2. The highest BCUT2D eigenvalue weighted by molar-refractivity contribution is 5.75. The van der Waals surface area contributed by atoms with Gasteiger partial charge < -0.3 is 9.72 Å². The molecule has 0 bridgehead atoms. The number of methoxy groups -OCH3 is 1. The van der Waals surface area contributed by atoms with Gasteiger partial charge in [-0.25, -0.2) is 0 Å². The second kappa shape index (κ2) is 3.96. The van der Waals surface area contributed by atoms with Gasteiger partial charge in [0.1, 0.15) is 0 Å². The molecule has 17 heavy (non-hydrogen) atoms. The van der Waals surface area contributed by atoms with Crippen LogP contribution in [0.2, 0.25) is 0 Å². The van der Waals surface area contributed by atoms with E-state index in [1.807, 2.05) is 12.1 Å². The summed E-state index contributed by atoms with van der Waals surface area (Å²) in [5, 5.41) is 0. The summed E-state index contributed by atoms with van der Waals surface area (Å²) in [6.07, 6.45) is 4.04. The largest absolute Gasteiger partial charge is 0.380 e. The van der Waals surface area contributed by atoms with Crippen molar-refractivity contribution in [1.29, 1.82) is 0 Å². The maximum atomic E-state index is 11.9. The summed E-state index contributed by atoms with van der Waals surface area (Å²) >= 11 is 0. The number of aromatic nitrogens is 2. The molecule has 3 rings (SSSR count). The van der Waals surface area contributed by atoms with Crippen LogP contribution in [0.25, 0.3) is 11.0 Å². The van der Waals surface area contributed by atoms with Crippen molar-refractivity contribution in [1.82, 2.24) is 9.97 Å². The molecule has 1 fully saturated rings. The predicted molar refractivity (Wildman–Crippen MR) is 65.1 cm³/mol. The Labute approximate surface area is 98.6 Å². The van der Waals surface area contributed by atoms with Gasteiger partial charge >= 0.3 is 0 Å². The molecule has 0 unspecified atom stereocenters. The summed E-state index contributed by atoms with van der Waals surface area (Å²) < 4.78 is 5.05. The van der Waals surface area contributed by atoms with Crippen LogP contribution in [0.5, 0.6) is 0 Å². The Morgan fingerprint density at radius 2 is 2.29 bits per heavy atom. The quantitative estimate of drug-likeness (QED) is 0.876. The minimum atomic E-state index is 0.0244. The number of hydrogen-bond acceptors (Lipinski definition) is 3. The van der Waals surface area contributed by atoms with Crippen LogP contribution in [0.1, 0.15) is 29.9 Å². The topological polar surface area (TPSA) is 55.0 Å². The van der Waals surface area contributed by atoms with Crippen molar-refractivity contribution in [3.63, 3.8) is 0 Å². The van der Waals surface area contributed by atoms with Gasteiger partial charge in [-0.15, -0.1) is 0 Å². The van der Waals surface area contributed by atoms with E-state index in [0.29, 0.717) is 12.5 Å². The third-order valence-corrected chi connectivity index (χ3v) is 3.11. The van der Waals surface area contributed by atoms with Crippen molar-refractivity contribution < 1.29 is 4.74 Å². The van der Waals surface area contributed by atoms with Gasteiger partial charge in [-0.2, -0.15) is 0 Å². The molecule has 0 aliphatic heterocycles. The highest BCUT2D eigenvalue weighted by Crippen LogP contribution is 2.38. The molecular weight excluding hydrogens is 216 g/mol. The maximum absolute atomic E-state index is 11.9. The van der Waals surface area contributed by atoms with Crippen LogP contribution in [0.15, 0.2) is 23.1 Å². The van der Waals surface area contributed by atoms with Crippen LogP contribution in [-0.4, -0.2) is 17.1 Å². The van der Waals surface area contributed by atoms with Crippen molar-refractivity contribution in [3.05, 3.63) is 39.8 Å². The Bertz CT molecular complexity index is 614. The number of hydrogen-bond donors (Lipinski definition) is 1. The molecule has 0 spiro atoms. The highest BCUT2D eigenvalue weighted by Gasteiger charge is 2.26. The molecule has 4 heteroatoms. The molecule has 4 nitrogen and oxygen atoms in total.